The van der Waals surface area contributed by atoms with Gasteiger partial charge in [-0.3, -0.25) is 9.59 Å². The van der Waals surface area contributed by atoms with Gasteiger partial charge >= 0.3 is 0 Å². The van der Waals surface area contributed by atoms with Gasteiger partial charge in [-0.05, 0) is 73.5 Å². The Balaban J connectivity index is 1.56. The molecule has 1 aliphatic rings. The molecule has 32 heavy (non-hydrogen) atoms. The Kier molecular flexibility index (Phi) is 6.02. The Morgan fingerprint density at radius 2 is 1.53 bits per heavy atom. The number of hydrogen-bond acceptors (Lipinski definition) is 5. The monoisotopic (exact) mass is 434 g/mol. The van der Waals surface area contributed by atoms with Crippen LogP contribution in [-0.4, -0.2) is 29.9 Å². The molecular weight excluding hydrogens is 411 g/mol. The summed E-state index contributed by atoms with van der Waals surface area (Å²) in [5.74, 6) is -0.244. The zero-order valence-corrected chi connectivity index (χ0v) is 17.3. The van der Waals surface area contributed by atoms with Gasteiger partial charge in [0.25, 0.3) is 5.91 Å². The highest BCUT2D eigenvalue weighted by molar-refractivity contribution is 5.92. The Bertz CT molecular complexity index is 1120. The van der Waals surface area contributed by atoms with Crippen LogP contribution in [0.15, 0.2) is 60.7 Å². The van der Waals surface area contributed by atoms with Crippen LogP contribution in [0.3, 0.4) is 0 Å². The van der Waals surface area contributed by atoms with Crippen LogP contribution in [0.1, 0.15) is 23.3 Å². The summed E-state index contributed by atoms with van der Waals surface area (Å²) in [4.78, 5) is 29.8. The van der Waals surface area contributed by atoms with Crippen molar-refractivity contribution < 1.29 is 18.7 Å². The Labute approximate surface area is 184 Å². The first kappa shape index (κ1) is 21.3. The lowest BCUT2D eigenvalue weighted by Gasteiger charge is -2.32. The molecule has 2 heterocycles. The Morgan fingerprint density at radius 1 is 0.938 bits per heavy atom. The second-order valence-corrected chi connectivity index (χ2v) is 7.70. The lowest BCUT2D eigenvalue weighted by atomic mass is 9.96. The highest BCUT2D eigenvalue weighted by Gasteiger charge is 2.24. The van der Waals surface area contributed by atoms with Gasteiger partial charge in [-0.2, -0.15) is 0 Å². The fourth-order valence-electron chi connectivity index (χ4n) is 3.73. The second-order valence-electron chi connectivity index (χ2n) is 7.70. The van der Waals surface area contributed by atoms with E-state index in [2.05, 4.69) is 9.88 Å². The molecule has 8 heteroatoms. The number of pyridine rings is 1. The minimum atomic E-state index is -0.614. The molecule has 0 saturated carbocycles. The number of primary amides is 2. The molecule has 0 aliphatic carbocycles. The predicted octanol–water partition coefficient (Wildman–Crippen LogP) is 3.48. The third-order valence-electron chi connectivity index (χ3n) is 5.52. The standard InChI is InChI=1S/C24H23FN4O3/c25-17-3-7-20(8-4-17)32-19-5-1-15(2-6-19)21-13-18(14-22(28-21)24(27)31)29-11-9-16(10-12-29)23(26)30/h1-8,13-14,16H,9-12H2,(H2,26,30)(H2,27,31). The first-order chi connectivity index (χ1) is 15.4. The molecule has 1 aliphatic heterocycles. The molecule has 3 aromatic rings. The number of amides is 2. The van der Waals surface area contributed by atoms with E-state index in [4.69, 9.17) is 16.2 Å². The Morgan fingerprint density at radius 3 is 2.09 bits per heavy atom. The first-order valence-corrected chi connectivity index (χ1v) is 10.3. The lowest BCUT2D eigenvalue weighted by Crippen LogP contribution is -2.38. The van der Waals surface area contributed by atoms with Gasteiger partial charge in [0, 0.05) is 30.3 Å². The smallest absolute Gasteiger partial charge is 0.267 e. The largest absolute Gasteiger partial charge is 0.457 e. The van der Waals surface area contributed by atoms with E-state index in [1.165, 1.54) is 12.1 Å². The van der Waals surface area contributed by atoms with Crippen LogP contribution in [0.2, 0.25) is 0 Å². The van der Waals surface area contributed by atoms with Gasteiger partial charge in [0.15, 0.2) is 0 Å². The SMILES string of the molecule is NC(=O)c1cc(N2CCC(C(N)=O)CC2)cc(-c2ccc(Oc3ccc(F)cc3)cc2)n1. The van der Waals surface area contributed by atoms with Gasteiger partial charge in [0.1, 0.15) is 23.0 Å². The highest BCUT2D eigenvalue weighted by atomic mass is 19.1. The number of nitrogens with two attached hydrogens (primary N) is 2. The summed E-state index contributed by atoms with van der Waals surface area (Å²) < 4.78 is 18.8. The molecule has 0 atom stereocenters. The quantitative estimate of drug-likeness (QED) is 0.617. The average molecular weight is 434 g/mol. The summed E-state index contributed by atoms with van der Waals surface area (Å²) in [6.07, 6.45) is 1.32. The van der Waals surface area contributed by atoms with Crippen LogP contribution in [0.4, 0.5) is 10.1 Å². The summed E-state index contributed by atoms with van der Waals surface area (Å²) in [5.41, 5.74) is 13.3. The zero-order valence-electron chi connectivity index (χ0n) is 17.3. The molecule has 2 aromatic carbocycles. The summed E-state index contributed by atoms with van der Waals surface area (Å²) in [6.45, 7) is 1.30. The minimum Gasteiger partial charge on any atom is -0.457 e. The molecule has 1 aromatic heterocycles. The molecule has 0 radical (unpaired) electrons. The number of ether oxygens (including phenoxy) is 1. The summed E-state index contributed by atoms with van der Waals surface area (Å²) in [7, 11) is 0. The third kappa shape index (κ3) is 4.85. The van der Waals surface area contributed by atoms with Crippen molar-refractivity contribution >= 4 is 17.5 Å². The number of piperidine rings is 1. The number of carbonyl (C=O) groups excluding carboxylic acids is 2. The summed E-state index contributed by atoms with van der Waals surface area (Å²) >= 11 is 0. The van der Waals surface area contributed by atoms with Gasteiger partial charge in [-0.1, -0.05) is 0 Å². The van der Waals surface area contributed by atoms with E-state index in [0.717, 1.165) is 11.3 Å². The van der Waals surface area contributed by atoms with Crippen molar-refractivity contribution in [2.75, 3.05) is 18.0 Å². The molecule has 7 nitrogen and oxygen atoms in total. The van der Waals surface area contributed by atoms with Crippen molar-refractivity contribution in [1.82, 2.24) is 4.98 Å². The molecule has 4 rings (SSSR count). The third-order valence-corrected chi connectivity index (χ3v) is 5.52. The van der Waals surface area contributed by atoms with Gasteiger partial charge in [0.2, 0.25) is 5.91 Å². The van der Waals surface area contributed by atoms with E-state index in [1.54, 1.807) is 30.3 Å². The van der Waals surface area contributed by atoms with Crippen molar-refractivity contribution in [2.45, 2.75) is 12.8 Å². The fraction of sp³-hybridized carbons (Fsp3) is 0.208. The average Bonchev–Trinajstić information content (AvgIpc) is 2.81. The molecule has 4 N–H and O–H groups in total. The van der Waals surface area contributed by atoms with E-state index in [1.807, 2.05) is 18.2 Å². The lowest BCUT2D eigenvalue weighted by molar-refractivity contribution is -0.122. The van der Waals surface area contributed by atoms with Crippen molar-refractivity contribution in [2.24, 2.45) is 17.4 Å². The van der Waals surface area contributed by atoms with Crippen LogP contribution in [-0.2, 0) is 4.79 Å². The van der Waals surface area contributed by atoms with Gasteiger partial charge in [-0.15, -0.1) is 0 Å². The Hall–Kier alpha value is -3.94. The maximum absolute atomic E-state index is 13.1. The number of anilines is 1. The zero-order chi connectivity index (χ0) is 22.7. The van der Waals surface area contributed by atoms with Crippen LogP contribution in [0, 0.1) is 11.7 Å². The second kappa shape index (κ2) is 9.05. The number of benzene rings is 2. The number of carbonyl (C=O) groups is 2. The van der Waals surface area contributed by atoms with Crippen molar-refractivity contribution in [3.8, 4) is 22.8 Å². The van der Waals surface area contributed by atoms with Gasteiger partial charge in [0.05, 0.1) is 5.69 Å². The molecule has 164 valence electrons. The molecule has 1 saturated heterocycles. The summed E-state index contributed by atoms with van der Waals surface area (Å²) in [5, 5.41) is 0. The van der Waals surface area contributed by atoms with Gasteiger partial charge in [-0.25, -0.2) is 9.37 Å². The van der Waals surface area contributed by atoms with Crippen LogP contribution < -0.4 is 21.1 Å². The maximum atomic E-state index is 13.1. The molecule has 0 spiro atoms. The maximum Gasteiger partial charge on any atom is 0.267 e. The minimum absolute atomic E-state index is 0.128. The van der Waals surface area contributed by atoms with Crippen molar-refractivity contribution in [1.29, 1.82) is 0 Å². The van der Waals surface area contributed by atoms with Crippen LogP contribution in [0.5, 0.6) is 11.5 Å². The van der Waals surface area contributed by atoms with E-state index in [0.29, 0.717) is 43.1 Å². The molecule has 1 fully saturated rings. The topological polar surface area (TPSA) is 112 Å². The normalized spacial score (nSPS) is 14.2. The summed E-state index contributed by atoms with van der Waals surface area (Å²) in [6, 6.07) is 16.5. The van der Waals surface area contributed by atoms with Crippen molar-refractivity contribution in [3.63, 3.8) is 0 Å². The number of nitrogens with zero attached hydrogens (tertiary/aromatic N) is 2. The van der Waals surface area contributed by atoms with Crippen LogP contribution >= 0.6 is 0 Å². The number of aromatic nitrogens is 1. The highest BCUT2D eigenvalue weighted by Crippen LogP contribution is 2.30. The fourth-order valence-corrected chi connectivity index (χ4v) is 3.73. The van der Waals surface area contributed by atoms with Gasteiger partial charge < -0.3 is 21.1 Å². The first-order valence-electron chi connectivity index (χ1n) is 10.3. The van der Waals surface area contributed by atoms with E-state index in [9.17, 15) is 14.0 Å². The van der Waals surface area contributed by atoms with E-state index in [-0.39, 0.29) is 23.3 Å². The molecule has 2 amide bonds. The van der Waals surface area contributed by atoms with Crippen LogP contribution in [0.25, 0.3) is 11.3 Å². The molecule has 0 unspecified atom stereocenters. The molecule has 0 bridgehead atoms. The molecular formula is C24H23FN4O3. The van der Waals surface area contributed by atoms with E-state index >= 15 is 0 Å². The van der Waals surface area contributed by atoms with E-state index < -0.39 is 5.91 Å². The number of halogens is 1. The number of hydrogen-bond donors (Lipinski definition) is 2. The predicted molar refractivity (Wildman–Crippen MR) is 119 cm³/mol. The number of rotatable bonds is 6. The van der Waals surface area contributed by atoms with Crippen molar-refractivity contribution in [3.05, 3.63) is 72.2 Å².